The van der Waals surface area contributed by atoms with Crippen molar-refractivity contribution in [2.75, 3.05) is 6.61 Å². The Morgan fingerprint density at radius 3 is 2.67 bits per heavy atom. The van der Waals surface area contributed by atoms with Crippen LogP contribution in [0.5, 0.6) is 0 Å². The molecule has 0 heterocycles. The Hall–Kier alpha value is -0.860. The van der Waals surface area contributed by atoms with Crippen molar-refractivity contribution in [1.29, 1.82) is 0 Å². The Bertz CT molecular complexity index is 221. The van der Waals surface area contributed by atoms with Gasteiger partial charge < -0.3 is 4.52 Å². The van der Waals surface area contributed by atoms with Crippen molar-refractivity contribution in [2.24, 2.45) is 0 Å². The Morgan fingerprint density at radius 2 is 2.25 bits per heavy atom. The number of rotatable bonds is 5. The summed E-state index contributed by atoms with van der Waals surface area (Å²) < 4.78 is 19.7. The van der Waals surface area contributed by atoms with Crippen LogP contribution in [0.25, 0.3) is 0 Å². The second-order valence-electron chi connectivity index (χ2n) is 2.02. The van der Waals surface area contributed by atoms with Gasteiger partial charge in [-0.15, -0.1) is 6.58 Å². The largest absolute Gasteiger partial charge is 0.390 e. The zero-order chi connectivity index (χ0) is 9.56. The van der Waals surface area contributed by atoms with Gasteiger partial charge in [0.1, 0.15) is 0 Å². The van der Waals surface area contributed by atoms with Crippen molar-refractivity contribution in [3.63, 3.8) is 0 Å². The Labute approximate surface area is 71.8 Å². The van der Waals surface area contributed by atoms with E-state index in [4.69, 9.17) is 0 Å². The van der Waals surface area contributed by atoms with Crippen molar-refractivity contribution in [1.82, 2.24) is 0 Å². The van der Waals surface area contributed by atoms with E-state index in [0.717, 1.165) is 0 Å². The summed E-state index contributed by atoms with van der Waals surface area (Å²) in [6.07, 6.45) is 1.41. The summed E-state index contributed by atoms with van der Waals surface area (Å²) >= 11 is 0. The molecule has 0 N–H and O–H groups in total. The SMILES string of the molecule is C=CCO[PH](=O)OC(=O)C(=C)C. The minimum absolute atomic E-state index is 0.0985. The van der Waals surface area contributed by atoms with Crippen LogP contribution in [0, 0.1) is 0 Å². The van der Waals surface area contributed by atoms with E-state index < -0.39 is 14.2 Å². The molecular weight excluding hydrogens is 179 g/mol. The lowest BCUT2D eigenvalue weighted by Gasteiger charge is -2.02. The van der Waals surface area contributed by atoms with Crippen LogP contribution in [0.3, 0.4) is 0 Å². The van der Waals surface area contributed by atoms with Gasteiger partial charge in [0, 0.05) is 5.57 Å². The second-order valence-corrected chi connectivity index (χ2v) is 3.01. The summed E-state index contributed by atoms with van der Waals surface area (Å²) in [5, 5.41) is 0. The molecule has 0 aliphatic heterocycles. The number of hydrogen-bond donors (Lipinski definition) is 0. The average molecular weight is 190 g/mol. The summed E-state index contributed by atoms with van der Waals surface area (Å²) in [5.41, 5.74) is 0.190. The molecule has 0 rings (SSSR count). The Morgan fingerprint density at radius 1 is 1.67 bits per heavy atom. The monoisotopic (exact) mass is 190 g/mol. The molecule has 0 radical (unpaired) electrons. The average Bonchev–Trinajstić information content (AvgIpc) is 2.00. The third-order valence-corrected chi connectivity index (χ3v) is 1.60. The van der Waals surface area contributed by atoms with Gasteiger partial charge in [-0.3, -0.25) is 4.52 Å². The molecule has 0 aromatic rings. The number of carbonyl (C=O) groups is 1. The van der Waals surface area contributed by atoms with E-state index in [9.17, 15) is 9.36 Å². The molecule has 0 fully saturated rings. The van der Waals surface area contributed by atoms with Gasteiger partial charge in [-0.1, -0.05) is 12.7 Å². The third kappa shape index (κ3) is 4.88. The fraction of sp³-hybridized carbons (Fsp3) is 0.286. The van der Waals surface area contributed by atoms with E-state index in [-0.39, 0.29) is 12.2 Å². The third-order valence-electron chi connectivity index (χ3n) is 0.844. The minimum Gasteiger partial charge on any atom is -0.390 e. The van der Waals surface area contributed by atoms with Crippen LogP contribution in [-0.2, 0) is 18.4 Å². The smallest absolute Gasteiger partial charge is 0.370 e. The molecule has 4 nitrogen and oxygen atoms in total. The molecular formula is C7H11O4P. The first-order chi connectivity index (χ1) is 5.57. The molecule has 1 atom stereocenters. The van der Waals surface area contributed by atoms with Crippen LogP contribution in [-0.4, -0.2) is 12.6 Å². The molecule has 0 saturated carbocycles. The topological polar surface area (TPSA) is 52.6 Å². The molecule has 0 aliphatic carbocycles. The quantitative estimate of drug-likeness (QED) is 0.376. The van der Waals surface area contributed by atoms with Crippen LogP contribution >= 0.6 is 8.25 Å². The maximum absolute atomic E-state index is 10.7. The molecule has 5 heteroatoms. The fourth-order valence-electron chi connectivity index (χ4n) is 0.319. The lowest BCUT2D eigenvalue weighted by molar-refractivity contribution is -0.130. The predicted molar refractivity (Wildman–Crippen MR) is 46.1 cm³/mol. The lowest BCUT2D eigenvalue weighted by atomic mass is 10.4. The zero-order valence-electron chi connectivity index (χ0n) is 6.83. The van der Waals surface area contributed by atoms with E-state index >= 15 is 0 Å². The van der Waals surface area contributed by atoms with Gasteiger partial charge in [-0.25, -0.2) is 9.36 Å². The van der Waals surface area contributed by atoms with Crippen molar-refractivity contribution in [3.8, 4) is 0 Å². The predicted octanol–water partition coefficient (Wildman–Crippen LogP) is 1.70. The minimum atomic E-state index is -2.73. The first-order valence-corrected chi connectivity index (χ1v) is 4.45. The van der Waals surface area contributed by atoms with Crippen LogP contribution in [0.1, 0.15) is 6.92 Å². The molecule has 0 spiro atoms. The van der Waals surface area contributed by atoms with Crippen LogP contribution in [0.2, 0.25) is 0 Å². The maximum Gasteiger partial charge on any atom is 0.370 e. The van der Waals surface area contributed by atoms with Gasteiger partial charge in [0.15, 0.2) is 0 Å². The van der Waals surface area contributed by atoms with Gasteiger partial charge in [0.05, 0.1) is 6.61 Å². The first-order valence-electron chi connectivity index (χ1n) is 3.23. The van der Waals surface area contributed by atoms with Crippen LogP contribution in [0.15, 0.2) is 24.8 Å². The Kier molecular flexibility index (Phi) is 5.34. The zero-order valence-corrected chi connectivity index (χ0v) is 7.83. The fourth-order valence-corrected chi connectivity index (χ4v) is 0.958. The van der Waals surface area contributed by atoms with E-state index in [1.807, 2.05) is 0 Å². The molecule has 12 heavy (non-hydrogen) atoms. The number of carbonyl (C=O) groups excluding carboxylic acids is 1. The highest BCUT2D eigenvalue weighted by Gasteiger charge is 2.07. The molecule has 68 valence electrons. The molecule has 0 aliphatic rings. The van der Waals surface area contributed by atoms with E-state index in [2.05, 4.69) is 22.2 Å². The molecule has 0 aromatic carbocycles. The lowest BCUT2D eigenvalue weighted by Crippen LogP contribution is -1.99. The molecule has 0 aromatic heterocycles. The summed E-state index contributed by atoms with van der Waals surface area (Å²) in [5.74, 6) is -0.706. The van der Waals surface area contributed by atoms with Gasteiger partial charge >= 0.3 is 14.2 Å². The van der Waals surface area contributed by atoms with Crippen LogP contribution < -0.4 is 0 Å². The van der Waals surface area contributed by atoms with Gasteiger partial charge in [-0.2, -0.15) is 0 Å². The standard InChI is InChI=1S/C7H11O4P/c1-4-5-10-12(9)11-7(8)6(2)3/h4,12H,1-2,5H2,3H3. The summed E-state index contributed by atoms with van der Waals surface area (Å²) in [4.78, 5) is 10.7. The maximum atomic E-state index is 10.7. The van der Waals surface area contributed by atoms with Gasteiger partial charge in [0.2, 0.25) is 0 Å². The van der Waals surface area contributed by atoms with Crippen molar-refractivity contribution in [3.05, 3.63) is 24.8 Å². The van der Waals surface area contributed by atoms with Crippen molar-refractivity contribution in [2.45, 2.75) is 6.92 Å². The molecule has 0 amide bonds. The second kappa shape index (κ2) is 5.75. The highest BCUT2D eigenvalue weighted by molar-refractivity contribution is 7.34. The number of hydrogen-bond acceptors (Lipinski definition) is 4. The normalized spacial score (nSPS) is 11.8. The van der Waals surface area contributed by atoms with Gasteiger partial charge in [0.25, 0.3) is 0 Å². The van der Waals surface area contributed by atoms with Crippen molar-refractivity contribution >= 4 is 14.2 Å². The van der Waals surface area contributed by atoms with E-state index in [0.29, 0.717) is 0 Å². The molecule has 0 bridgehead atoms. The van der Waals surface area contributed by atoms with Crippen molar-refractivity contribution < 1.29 is 18.4 Å². The van der Waals surface area contributed by atoms with Crippen LogP contribution in [0.4, 0.5) is 0 Å². The highest BCUT2D eigenvalue weighted by atomic mass is 31.1. The van der Waals surface area contributed by atoms with E-state index in [1.54, 1.807) is 0 Å². The van der Waals surface area contributed by atoms with E-state index in [1.165, 1.54) is 13.0 Å². The van der Waals surface area contributed by atoms with Gasteiger partial charge in [-0.05, 0) is 6.92 Å². The highest BCUT2D eigenvalue weighted by Crippen LogP contribution is 2.24. The first kappa shape index (κ1) is 11.1. The summed E-state index contributed by atoms with van der Waals surface area (Å²) in [6.45, 7) is 8.22. The molecule has 1 unspecified atom stereocenters. The Balaban J connectivity index is 3.76. The molecule has 0 saturated heterocycles. The summed E-state index contributed by atoms with van der Waals surface area (Å²) in [6, 6.07) is 0. The summed E-state index contributed by atoms with van der Waals surface area (Å²) in [7, 11) is -2.73.